The van der Waals surface area contributed by atoms with E-state index in [1.807, 2.05) is 0 Å². The van der Waals surface area contributed by atoms with Gasteiger partial charge in [0.15, 0.2) is 9.84 Å². The van der Waals surface area contributed by atoms with Gasteiger partial charge in [0.1, 0.15) is 23.1 Å². The fourth-order valence-electron chi connectivity index (χ4n) is 2.66. The topological polar surface area (TPSA) is 60.4 Å². The quantitative estimate of drug-likeness (QED) is 0.579. The van der Waals surface area contributed by atoms with Crippen molar-refractivity contribution in [2.45, 2.75) is 4.90 Å². The van der Waals surface area contributed by atoms with Crippen molar-refractivity contribution >= 4 is 58.8 Å². The molecule has 0 aliphatic carbocycles. The van der Waals surface area contributed by atoms with Crippen LogP contribution in [0.15, 0.2) is 44.2 Å². The van der Waals surface area contributed by atoms with Gasteiger partial charge in [-0.15, -0.1) is 0 Å². The van der Waals surface area contributed by atoms with Gasteiger partial charge in [0.05, 0.1) is 5.57 Å². The summed E-state index contributed by atoms with van der Waals surface area (Å²) in [5.41, 5.74) is 1.00. The molecule has 0 N–H and O–H groups in total. The number of benzene rings is 2. The van der Waals surface area contributed by atoms with E-state index in [4.69, 9.17) is 4.74 Å². The fourth-order valence-corrected chi connectivity index (χ4v) is 4.12. The molecule has 2 aromatic carbocycles. The minimum atomic E-state index is -4.07. The van der Waals surface area contributed by atoms with Crippen LogP contribution >= 0.6 is 31.9 Å². The van der Waals surface area contributed by atoms with Crippen LogP contribution in [0.5, 0.6) is 0 Å². The van der Waals surface area contributed by atoms with Crippen LogP contribution in [0.4, 0.5) is 8.78 Å². The number of carbonyl (C=O) groups excluding carboxylic acids is 1. The van der Waals surface area contributed by atoms with Crippen LogP contribution in [0.3, 0.4) is 0 Å². The van der Waals surface area contributed by atoms with E-state index in [9.17, 15) is 22.0 Å². The van der Waals surface area contributed by atoms with Crippen LogP contribution in [-0.4, -0.2) is 27.2 Å². The van der Waals surface area contributed by atoms with Crippen LogP contribution in [-0.2, 0) is 19.4 Å². The summed E-state index contributed by atoms with van der Waals surface area (Å²) >= 11 is 6.66. The molecule has 3 rings (SSSR count). The standard InChI is InChI=1S/C17H10Br2F2O4S/c1-26(23,24)16-13(20)5-9(6-14(16)21)10-7-25-17(22)15(10)8-2-3-11(18)12(19)4-8/h2-6H,7H2,1H3. The molecule has 0 saturated heterocycles. The molecule has 0 atom stereocenters. The first kappa shape index (κ1) is 19.2. The van der Waals surface area contributed by atoms with Gasteiger partial charge in [-0.3, -0.25) is 0 Å². The Balaban J connectivity index is 2.22. The van der Waals surface area contributed by atoms with Crippen LogP contribution in [0.2, 0.25) is 0 Å². The zero-order chi connectivity index (χ0) is 19.2. The first-order valence-corrected chi connectivity index (χ1v) is 10.6. The van der Waals surface area contributed by atoms with Gasteiger partial charge in [0, 0.05) is 20.8 Å². The van der Waals surface area contributed by atoms with Crippen molar-refractivity contribution in [1.29, 1.82) is 0 Å². The van der Waals surface area contributed by atoms with E-state index in [-0.39, 0.29) is 23.3 Å². The summed E-state index contributed by atoms with van der Waals surface area (Å²) in [5.74, 6) is -3.06. The zero-order valence-electron chi connectivity index (χ0n) is 13.1. The molecule has 2 aromatic rings. The van der Waals surface area contributed by atoms with Crippen LogP contribution < -0.4 is 0 Å². The van der Waals surface area contributed by atoms with Crippen molar-refractivity contribution in [1.82, 2.24) is 0 Å². The van der Waals surface area contributed by atoms with Crippen molar-refractivity contribution < 1.29 is 26.7 Å². The van der Waals surface area contributed by atoms with Gasteiger partial charge >= 0.3 is 5.97 Å². The van der Waals surface area contributed by atoms with Crippen molar-refractivity contribution in [2.24, 2.45) is 0 Å². The van der Waals surface area contributed by atoms with E-state index in [0.717, 1.165) is 22.9 Å². The highest BCUT2D eigenvalue weighted by atomic mass is 79.9. The van der Waals surface area contributed by atoms with Gasteiger partial charge in [0.25, 0.3) is 0 Å². The number of rotatable bonds is 3. The number of ether oxygens (including phenoxy) is 1. The van der Waals surface area contributed by atoms with E-state index < -0.39 is 32.3 Å². The summed E-state index contributed by atoms with van der Waals surface area (Å²) in [4.78, 5) is 11.2. The minimum absolute atomic E-state index is 0.0484. The number of esters is 1. The van der Waals surface area contributed by atoms with E-state index >= 15 is 0 Å². The van der Waals surface area contributed by atoms with Crippen LogP contribution in [0, 0.1) is 11.6 Å². The lowest BCUT2D eigenvalue weighted by atomic mass is 9.96. The van der Waals surface area contributed by atoms with E-state index in [0.29, 0.717) is 10.0 Å². The van der Waals surface area contributed by atoms with Gasteiger partial charge in [0.2, 0.25) is 0 Å². The second-order valence-corrected chi connectivity index (χ2v) is 9.26. The van der Waals surface area contributed by atoms with E-state index in [1.54, 1.807) is 18.2 Å². The molecule has 9 heteroatoms. The Hall–Kier alpha value is -1.58. The summed E-state index contributed by atoms with van der Waals surface area (Å²) < 4.78 is 58.0. The number of sulfone groups is 1. The van der Waals surface area contributed by atoms with Gasteiger partial charge in [-0.05, 0) is 67.3 Å². The predicted octanol–water partition coefficient (Wildman–Crippen LogP) is 4.36. The molecule has 0 bridgehead atoms. The summed E-state index contributed by atoms with van der Waals surface area (Å²) in [5, 5.41) is 0. The Morgan fingerprint density at radius 3 is 2.15 bits per heavy atom. The smallest absolute Gasteiger partial charge is 0.339 e. The molecule has 26 heavy (non-hydrogen) atoms. The highest BCUT2D eigenvalue weighted by molar-refractivity contribution is 9.13. The summed E-state index contributed by atoms with van der Waals surface area (Å²) in [7, 11) is -4.07. The molecular weight excluding hydrogens is 498 g/mol. The average Bonchev–Trinajstić information content (AvgIpc) is 2.89. The van der Waals surface area contributed by atoms with Gasteiger partial charge < -0.3 is 4.74 Å². The normalized spacial score (nSPS) is 14.7. The largest absolute Gasteiger partial charge is 0.457 e. The summed E-state index contributed by atoms with van der Waals surface area (Å²) in [6.07, 6.45) is 0.723. The van der Waals surface area contributed by atoms with Gasteiger partial charge in [-0.25, -0.2) is 22.0 Å². The lowest BCUT2D eigenvalue weighted by molar-refractivity contribution is -0.133. The number of carbonyl (C=O) groups is 1. The van der Waals surface area contributed by atoms with Crippen LogP contribution in [0.1, 0.15) is 11.1 Å². The summed E-state index contributed by atoms with van der Waals surface area (Å²) in [6, 6.07) is 6.83. The highest BCUT2D eigenvalue weighted by Gasteiger charge is 2.30. The number of cyclic esters (lactones) is 1. The Kier molecular flexibility index (Phi) is 5.06. The monoisotopic (exact) mass is 506 g/mol. The Labute approximate surface area is 165 Å². The molecule has 0 unspecified atom stereocenters. The molecule has 1 heterocycles. The molecule has 1 aliphatic rings. The van der Waals surface area contributed by atoms with Crippen molar-refractivity contribution in [2.75, 3.05) is 12.9 Å². The van der Waals surface area contributed by atoms with Crippen molar-refractivity contribution in [3.8, 4) is 0 Å². The number of hydrogen-bond acceptors (Lipinski definition) is 4. The maximum atomic E-state index is 14.2. The molecule has 0 radical (unpaired) electrons. The Morgan fingerprint density at radius 2 is 1.62 bits per heavy atom. The maximum absolute atomic E-state index is 14.2. The third kappa shape index (κ3) is 3.47. The van der Waals surface area contributed by atoms with Crippen LogP contribution in [0.25, 0.3) is 11.1 Å². The second kappa shape index (κ2) is 6.86. The van der Waals surface area contributed by atoms with E-state index in [2.05, 4.69) is 31.9 Å². The van der Waals surface area contributed by atoms with Crippen molar-refractivity contribution in [3.05, 3.63) is 62.0 Å². The Bertz CT molecular complexity index is 1060. The lowest BCUT2D eigenvalue weighted by Gasteiger charge is -2.09. The third-order valence-corrected chi connectivity index (χ3v) is 6.79. The molecule has 0 spiro atoms. The Morgan fingerprint density at radius 1 is 1.00 bits per heavy atom. The zero-order valence-corrected chi connectivity index (χ0v) is 17.1. The predicted molar refractivity (Wildman–Crippen MR) is 99.1 cm³/mol. The third-order valence-electron chi connectivity index (χ3n) is 3.78. The number of halogens is 4. The second-order valence-electron chi connectivity index (χ2n) is 5.60. The SMILES string of the molecule is CS(=O)(=O)c1c(F)cc(C2=C(c3ccc(Br)c(Br)c3)C(=O)OC2)cc1F. The molecular formula is C17H10Br2F2O4S. The fraction of sp³-hybridized carbons (Fsp3) is 0.118. The maximum Gasteiger partial charge on any atom is 0.339 e. The summed E-state index contributed by atoms with van der Waals surface area (Å²) in [6.45, 7) is -0.168. The number of hydrogen-bond donors (Lipinski definition) is 0. The molecule has 4 nitrogen and oxygen atoms in total. The average molecular weight is 508 g/mol. The van der Waals surface area contributed by atoms with Gasteiger partial charge in [-0.1, -0.05) is 6.07 Å². The molecule has 0 aromatic heterocycles. The highest BCUT2D eigenvalue weighted by Crippen LogP contribution is 2.36. The first-order chi connectivity index (χ1) is 12.1. The first-order valence-electron chi connectivity index (χ1n) is 7.14. The molecule has 0 amide bonds. The molecule has 136 valence electrons. The molecule has 0 fully saturated rings. The lowest BCUT2D eigenvalue weighted by Crippen LogP contribution is -2.06. The molecule has 0 saturated carbocycles. The van der Waals surface area contributed by atoms with Gasteiger partial charge in [-0.2, -0.15) is 0 Å². The molecule has 1 aliphatic heterocycles. The minimum Gasteiger partial charge on any atom is -0.457 e. The van der Waals surface area contributed by atoms with E-state index in [1.165, 1.54) is 0 Å². The van der Waals surface area contributed by atoms with Crippen molar-refractivity contribution in [3.63, 3.8) is 0 Å².